The summed E-state index contributed by atoms with van der Waals surface area (Å²) >= 11 is 0. The van der Waals surface area contributed by atoms with Crippen LogP contribution >= 0.6 is 0 Å². The smallest absolute Gasteiger partial charge is 0.253 e. The van der Waals surface area contributed by atoms with Gasteiger partial charge in [-0.2, -0.15) is 0 Å². The Hall–Kier alpha value is -3.41. The van der Waals surface area contributed by atoms with Crippen LogP contribution in [0.25, 0.3) is 5.57 Å². The lowest BCUT2D eigenvalue weighted by atomic mass is 9.86. The van der Waals surface area contributed by atoms with E-state index in [2.05, 4.69) is 46.9 Å². The quantitative estimate of drug-likeness (QED) is 0.679. The van der Waals surface area contributed by atoms with Crippen LogP contribution in [-0.2, 0) is 11.2 Å². The van der Waals surface area contributed by atoms with Crippen LogP contribution in [0.4, 0.5) is 11.5 Å². The molecular formula is C24H28N4O2. The van der Waals surface area contributed by atoms with Gasteiger partial charge in [0.2, 0.25) is 5.91 Å². The van der Waals surface area contributed by atoms with Crippen molar-refractivity contribution < 1.29 is 9.59 Å². The number of anilines is 2. The lowest BCUT2D eigenvalue weighted by Gasteiger charge is -2.20. The molecule has 0 radical (unpaired) electrons. The number of hydrogen-bond donors (Lipinski definition) is 3. The predicted octanol–water partition coefficient (Wildman–Crippen LogP) is 4.03. The summed E-state index contributed by atoms with van der Waals surface area (Å²) < 4.78 is 0. The lowest BCUT2D eigenvalue weighted by Crippen LogP contribution is -2.23. The number of nitrogens with one attached hydrogen (secondary N) is 3. The molecule has 0 bridgehead atoms. The van der Waals surface area contributed by atoms with Crippen LogP contribution in [0.3, 0.4) is 0 Å². The fourth-order valence-electron chi connectivity index (χ4n) is 3.79. The fraction of sp³-hybridized carbons (Fsp3) is 0.292. The van der Waals surface area contributed by atoms with Crippen LogP contribution in [-0.4, -0.2) is 30.9 Å². The maximum Gasteiger partial charge on any atom is 0.253 e. The summed E-state index contributed by atoms with van der Waals surface area (Å²) in [6, 6.07) is 9.22. The molecule has 1 heterocycles. The van der Waals surface area contributed by atoms with Crippen LogP contribution < -0.4 is 16.0 Å². The molecule has 6 heteroatoms. The average molecular weight is 405 g/mol. The van der Waals surface area contributed by atoms with E-state index in [0.717, 1.165) is 12.0 Å². The van der Waals surface area contributed by atoms with E-state index in [-0.39, 0.29) is 18.2 Å². The van der Waals surface area contributed by atoms with Crippen molar-refractivity contribution in [3.05, 3.63) is 70.9 Å². The summed E-state index contributed by atoms with van der Waals surface area (Å²) in [4.78, 5) is 29.3. The molecule has 2 aromatic rings. The van der Waals surface area contributed by atoms with Gasteiger partial charge in [-0.1, -0.05) is 36.8 Å². The number of benzene rings is 1. The van der Waals surface area contributed by atoms with Gasteiger partial charge in [-0.25, -0.2) is 4.98 Å². The van der Waals surface area contributed by atoms with E-state index in [4.69, 9.17) is 0 Å². The van der Waals surface area contributed by atoms with E-state index in [1.165, 1.54) is 11.1 Å². The first-order valence-corrected chi connectivity index (χ1v) is 10.1. The van der Waals surface area contributed by atoms with Gasteiger partial charge in [0.25, 0.3) is 5.91 Å². The molecule has 6 nitrogen and oxygen atoms in total. The van der Waals surface area contributed by atoms with Crippen LogP contribution in [0.15, 0.2) is 54.3 Å². The molecule has 1 unspecified atom stereocenters. The summed E-state index contributed by atoms with van der Waals surface area (Å²) in [6.07, 6.45) is 7.21. The van der Waals surface area contributed by atoms with Gasteiger partial charge in [0.1, 0.15) is 5.82 Å². The Morgan fingerprint density at radius 2 is 1.93 bits per heavy atom. The number of allylic oxidation sites excluding steroid dienone is 4. The first-order chi connectivity index (χ1) is 14.4. The zero-order chi connectivity index (χ0) is 21.7. The third kappa shape index (κ3) is 4.76. The highest BCUT2D eigenvalue weighted by Crippen LogP contribution is 2.32. The molecule has 1 aromatic carbocycles. The molecule has 0 aliphatic heterocycles. The first kappa shape index (κ1) is 21.3. The number of carbonyl (C=O) groups excluding carboxylic acids is 2. The molecule has 1 aromatic heterocycles. The third-order valence-corrected chi connectivity index (χ3v) is 5.30. The summed E-state index contributed by atoms with van der Waals surface area (Å²) in [6.45, 7) is 4.35. The number of carbonyl (C=O) groups is 2. The highest BCUT2D eigenvalue weighted by Gasteiger charge is 2.18. The minimum atomic E-state index is -0.232. The zero-order valence-electron chi connectivity index (χ0n) is 17.9. The van der Waals surface area contributed by atoms with Gasteiger partial charge < -0.3 is 16.0 Å². The number of nitrogens with zero attached hydrogens (tertiary/aromatic N) is 1. The molecule has 156 valence electrons. The van der Waals surface area contributed by atoms with Crippen molar-refractivity contribution in [3.63, 3.8) is 0 Å². The van der Waals surface area contributed by atoms with E-state index in [1.807, 2.05) is 24.3 Å². The van der Waals surface area contributed by atoms with E-state index in [0.29, 0.717) is 28.6 Å². The first-order valence-electron chi connectivity index (χ1n) is 10.1. The number of hydrogen-bond acceptors (Lipinski definition) is 4. The van der Waals surface area contributed by atoms with E-state index >= 15 is 0 Å². The van der Waals surface area contributed by atoms with Crippen molar-refractivity contribution in [3.8, 4) is 0 Å². The monoisotopic (exact) mass is 404 g/mol. The Bertz CT molecular complexity index is 1010. The van der Waals surface area contributed by atoms with Gasteiger partial charge >= 0.3 is 0 Å². The molecule has 3 N–H and O–H groups in total. The predicted molar refractivity (Wildman–Crippen MR) is 121 cm³/mol. The van der Waals surface area contributed by atoms with Crippen molar-refractivity contribution >= 4 is 28.9 Å². The Balaban J connectivity index is 1.73. The van der Waals surface area contributed by atoms with E-state index in [1.54, 1.807) is 26.4 Å². The SMILES string of the molecule is CNC(=O)c1c(CC(=O)Nc2ccc(C3=CC=C(C)CC3C)cn2)cccc1NC. The Morgan fingerprint density at radius 1 is 1.13 bits per heavy atom. The number of pyridine rings is 1. The molecule has 0 saturated carbocycles. The number of rotatable bonds is 6. The van der Waals surface area contributed by atoms with Gasteiger partial charge in [-0.15, -0.1) is 0 Å². The van der Waals surface area contributed by atoms with E-state index < -0.39 is 0 Å². The van der Waals surface area contributed by atoms with Gasteiger partial charge in [-0.3, -0.25) is 9.59 Å². The average Bonchev–Trinajstić information content (AvgIpc) is 2.73. The molecule has 1 aliphatic rings. The van der Waals surface area contributed by atoms with Crippen molar-refractivity contribution in [2.24, 2.45) is 5.92 Å². The summed E-state index contributed by atoms with van der Waals surface area (Å²) in [5.74, 6) is 0.479. The van der Waals surface area contributed by atoms with Crippen LogP contribution in [0.1, 0.15) is 41.8 Å². The molecule has 0 fully saturated rings. The molecule has 3 rings (SSSR count). The Morgan fingerprint density at radius 3 is 2.57 bits per heavy atom. The third-order valence-electron chi connectivity index (χ3n) is 5.30. The van der Waals surface area contributed by atoms with Crippen molar-refractivity contribution in [2.75, 3.05) is 24.7 Å². The second-order valence-electron chi connectivity index (χ2n) is 7.57. The maximum absolute atomic E-state index is 12.6. The van der Waals surface area contributed by atoms with Crippen LogP contribution in [0.2, 0.25) is 0 Å². The minimum Gasteiger partial charge on any atom is -0.387 e. The molecule has 0 saturated heterocycles. The molecule has 30 heavy (non-hydrogen) atoms. The Labute approximate surface area is 177 Å². The minimum absolute atomic E-state index is 0.0773. The van der Waals surface area contributed by atoms with Crippen LogP contribution in [0, 0.1) is 5.92 Å². The summed E-state index contributed by atoms with van der Waals surface area (Å²) in [7, 11) is 3.32. The molecule has 2 amide bonds. The molecule has 0 spiro atoms. The maximum atomic E-state index is 12.6. The largest absolute Gasteiger partial charge is 0.387 e. The van der Waals surface area contributed by atoms with E-state index in [9.17, 15) is 9.59 Å². The Kier molecular flexibility index (Phi) is 6.67. The zero-order valence-corrected chi connectivity index (χ0v) is 17.9. The van der Waals surface area contributed by atoms with Gasteiger partial charge in [0, 0.05) is 26.0 Å². The standard InChI is InChI=1S/C24H28N4O2/c1-15-8-10-19(16(2)12-15)18-9-11-21(27-14-18)28-22(29)13-17-6-5-7-20(25-3)23(17)24(30)26-4/h5-11,14,16,25H,12-13H2,1-4H3,(H,26,30)(H,27,28,29). The summed E-state index contributed by atoms with van der Waals surface area (Å²) in [5.41, 5.74) is 5.50. The topological polar surface area (TPSA) is 83.1 Å². The highest BCUT2D eigenvalue weighted by molar-refractivity contribution is 6.03. The van der Waals surface area contributed by atoms with Gasteiger partial charge in [-0.05, 0) is 54.2 Å². The molecular weight excluding hydrogens is 376 g/mol. The second kappa shape index (κ2) is 9.39. The number of amides is 2. The van der Waals surface area contributed by atoms with Crippen molar-refractivity contribution in [1.29, 1.82) is 0 Å². The van der Waals surface area contributed by atoms with Crippen molar-refractivity contribution in [2.45, 2.75) is 26.7 Å². The molecule has 1 aliphatic carbocycles. The highest BCUT2D eigenvalue weighted by atomic mass is 16.2. The van der Waals surface area contributed by atoms with Gasteiger partial charge in [0.05, 0.1) is 12.0 Å². The normalized spacial score (nSPS) is 15.7. The second-order valence-corrected chi connectivity index (χ2v) is 7.57. The fourth-order valence-corrected chi connectivity index (χ4v) is 3.79. The molecule has 1 atom stereocenters. The van der Waals surface area contributed by atoms with Crippen molar-refractivity contribution in [1.82, 2.24) is 10.3 Å². The van der Waals surface area contributed by atoms with Crippen LogP contribution in [0.5, 0.6) is 0 Å². The number of aromatic nitrogens is 1. The lowest BCUT2D eigenvalue weighted by molar-refractivity contribution is -0.115. The summed E-state index contributed by atoms with van der Waals surface area (Å²) in [5, 5.41) is 8.46. The van der Waals surface area contributed by atoms with Gasteiger partial charge in [0.15, 0.2) is 0 Å².